The van der Waals surface area contributed by atoms with Gasteiger partial charge in [0.25, 0.3) is 5.91 Å². The van der Waals surface area contributed by atoms with Crippen molar-refractivity contribution in [2.45, 2.75) is 19.4 Å². The number of nitrogens with one attached hydrogen (secondary N) is 1. The Balaban J connectivity index is 1.61. The van der Waals surface area contributed by atoms with Crippen molar-refractivity contribution >= 4 is 33.2 Å². The minimum absolute atomic E-state index is 0.0609. The van der Waals surface area contributed by atoms with Crippen LogP contribution in [0.1, 0.15) is 23.7 Å². The van der Waals surface area contributed by atoms with E-state index in [2.05, 4.69) is 10.3 Å². The van der Waals surface area contributed by atoms with E-state index in [4.69, 9.17) is 9.47 Å². The highest BCUT2D eigenvalue weighted by atomic mass is 32.2. The lowest BCUT2D eigenvalue weighted by atomic mass is 10.2. The highest BCUT2D eigenvalue weighted by Gasteiger charge is 2.33. The number of amides is 1. The second-order valence-electron chi connectivity index (χ2n) is 7.12. The number of nitrogens with zero attached hydrogens (tertiary/aromatic N) is 2. The molecule has 10 heteroatoms. The van der Waals surface area contributed by atoms with Crippen LogP contribution in [0.2, 0.25) is 0 Å². The van der Waals surface area contributed by atoms with Crippen molar-refractivity contribution in [2.75, 3.05) is 37.1 Å². The maximum Gasteiger partial charge on any atom is 0.342 e. The molecule has 0 aliphatic carbocycles. The van der Waals surface area contributed by atoms with E-state index in [9.17, 15) is 18.0 Å². The van der Waals surface area contributed by atoms with E-state index in [1.807, 2.05) is 6.92 Å². The van der Waals surface area contributed by atoms with Crippen LogP contribution in [0.15, 0.2) is 42.6 Å². The fourth-order valence-electron chi connectivity index (χ4n) is 3.20. The van der Waals surface area contributed by atoms with E-state index in [1.54, 1.807) is 36.4 Å². The van der Waals surface area contributed by atoms with Gasteiger partial charge in [0.2, 0.25) is 0 Å². The van der Waals surface area contributed by atoms with Gasteiger partial charge in [-0.15, -0.1) is 0 Å². The number of anilines is 2. The van der Waals surface area contributed by atoms with Crippen LogP contribution in [0.5, 0.6) is 5.75 Å². The topological polar surface area (TPSA) is 115 Å². The third kappa shape index (κ3) is 5.94. The van der Waals surface area contributed by atoms with E-state index < -0.39 is 34.4 Å². The first-order chi connectivity index (χ1) is 14.8. The Bertz CT molecular complexity index is 1040. The molecule has 1 unspecified atom stereocenters. The molecule has 1 aromatic carbocycles. The Morgan fingerprint density at radius 3 is 2.61 bits per heavy atom. The molecule has 31 heavy (non-hydrogen) atoms. The van der Waals surface area contributed by atoms with Crippen LogP contribution in [0.4, 0.5) is 11.5 Å². The van der Waals surface area contributed by atoms with Crippen molar-refractivity contribution < 1.29 is 27.5 Å². The predicted octanol–water partition coefficient (Wildman–Crippen LogP) is 2.03. The molecule has 1 amide bonds. The smallest absolute Gasteiger partial charge is 0.342 e. The summed E-state index contributed by atoms with van der Waals surface area (Å²) < 4.78 is 33.8. The van der Waals surface area contributed by atoms with Crippen molar-refractivity contribution in [3.8, 4) is 5.75 Å². The SMILES string of the molecule is CCOc1ccc(Nc2ncccc2C(=O)OCC(=O)N(C)C2CCS(=O)(=O)C2)cc1. The molecule has 3 rings (SSSR count). The van der Waals surface area contributed by atoms with Gasteiger partial charge in [-0.3, -0.25) is 4.79 Å². The number of carbonyl (C=O) groups is 2. The second kappa shape index (κ2) is 9.78. The van der Waals surface area contributed by atoms with E-state index in [0.717, 1.165) is 5.75 Å². The molecule has 1 saturated heterocycles. The molecule has 1 fully saturated rings. The third-order valence-corrected chi connectivity index (χ3v) is 6.68. The number of benzene rings is 1. The van der Waals surface area contributed by atoms with Gasteiger partial charge in [0.1, 0.15) is 17.1 Å². The lowest BCUT2D eigenvalue weighted by Gasteiger charge is -2.23. The van der Waals surface area contributed by atoms with Crippen molar-refractivity contribution in [1.29, 1.82) is 0 Å². The zero-order valence-electron chi connectivity index (χ0n) is 17.4. The summed E-state index contributed by atoms with van der Waals surface area (Å²) >= 11 is 0. The number of pyridine rings is 1. The van der Waals surface area contributed by atoms with Gasteiger partial charge in [-0.25, -0.2) is 18.2 Å². The summed E-state index contributed by atoms with van der Waals surface area (Å²) in [6, 6.07) is 9.92. The minimum Gasteiger partial charge on any atom is -0.494 e. The molecular weight excluding hydrogens is 422 g/mol. The monoisotopic (exact) mass is 447 g/mol. The average molecular weight is 448 g/mol. The molecule has 0 radical (unpaired) electrons. The fraction of sp³-hybridized carbons (Fsp3) is 0.381. The van der Waals surface area contributed by atoms with Crippen LogP contribution >= 0.6 is 0 Å². The number of likely N-dealkylation sites (N-methyl/N-ethyl adjacent to an activating group) is 1. The van der Waals surface area contributed by atoms with Gasteiger partial charge in [-0.1, -0.05) is 0 Å². The van der Waals surface area contributed by atoms with Crippen LogP contribution in [0, 0.1) is 0 Å². The van der Waals surface area contributed by atoms with Crippen LogP contribution < -0.4 is 10.1 Å². The van der Waals surface area contributed by atoms with Crippen molar-refractivity contribution in [1.82, 2.24) is 9.88 Å². The molecule has 9 nitrogen and oxygen atoms in total. The number of hydrogen-bond acceptors (Lipinski definition) is 8. The van der Waals surface area contributed by atoms with Crippen LogP contribution in [0.3, 0.4) is 0 Å². The average Bonchev–Trinajstić information content (AvgIpc) is 3.13. The van der Waals surface area contributed by atoms with Gasteiger partial charge in [0.15, 0.2) is 16.4 Å². The molecule has 2 heterocycles. The van der Waals surface area contributed by atoms with Gasteiger partial charge < -0.3 is 19.7 Å². The van der Waals surface area contributed by atoms with Crippen molar-refractivity contribution in [3.05, 3.63) is 48.2 Å². The highest BCUT2D eigenvalue weighted by Crippen LogP contribution is 2.22. The summed E-state index contributed by atoms with van der Waals surface area (Å²) in [5, 5.41) is 3.06. The van der Waals surface area contributed by atoms with Crippen molar-refractivity contribution in [3.63, 3.8) is 0 Å². The summed E-state index contributed by atoms with van der Waals surface area (Å²) in [5.41, 5.74) is 0.879. The summed E-state index contributed by atoms with van der Waals surface area (Å²) in [6.45, 7) is 1.98. The lowest BCUT2D eigenvalue weighted by Crippen LogP contribution is -2.40. The first-order valence-corrected chi connectivity index (χ1v) is 11.7. The normalized spacial score (nSPS) is 17.0. The largest absolute Gasteiger partial charge is 0.494 e. The maximum absolute atomic E-state index is 12.6. The molecule has 0 spiro atoms. The van der Waals surface area contributed by atoms with Gasteiger partial charge in [-0.2, -0.15) is 0 Å². The number of esters is 1. The van der Waals surface area contributed by atoms with E-state index in [0.29, 0.717) is 24.5 Å². The van der Waals surface area contributed by atoms with Gasteiger partial charge >= 0.3 is 5.97 Å². The Morgan fingerprint density at radius 1 is 1.23 bits per heavy atom. The van der Waals surface area contributed by atoms with Gasteiger partial charge in [-0.05, 0) is 49.7 Å². The second-order valence-corrected chi connectivity index (χ2v) is 9.35. The van der Waals surface area contributed by atoms with Crippen LogP contribution in [-0.2, 0) is 19.4 Å². The molecule has 0 saturated carbocycles. The zero-order valence-corrected chi connectivity index (χ0v) is 18.2. The first kappa shape index (κ1) is 22.5. The zero-order chi connectivity index (χ0) is 22.4. The fourth-order valence-corrected chi connectivity index (χ4v) is 4.97. The number of ether oxygens (including phenoxy) is 2. The molecule has 0 bridgehead atoms. The molecular formula is C21H25N3O6S. The summed E-state index contributed by atoms with van der Waals surface area (Å²) in [7, 11) is -1.60. The molecule has 1 aliphatic heterocycles. The lowest BCUT2D eigenvalue weighted by molar-refractivity contribution is -0.134. The minimum atomic E-state index is -3.12. The molecule has 1 aliphatic rings. The van der Waals surface area contributed by atoms with Crippen molar-refractivity contribution in [2.24, 2.45) is 0 Å². The Kier molecular flexibility index (Phi) is 7.11. The Hall–Kier alpha value is -3.14. The molecule has 1 atom stereocenters. The quantitative estimate of drug-likeness (QED) is 0.611. The predicted molar refractivity (Wildman–Crippen MR) is 115 cm³/mol. The molecule has 166 valence electrons. The number of carbonyl (C=O) groups excluding carboxylic acids is 2. The van der Waals surface area contributed by atoms with Crippen LogP contribution in [-0.4, -0.2) is 68.0 Å². The van der Waals surface area contributed by atoms with Gasteiger partial charge in [0, 0.05) is 25.0 Å². The van der Waals surface area contributed by atoms with E-state index >= 15 is 0 Å². The third-order valence-electron chi connectivity index (χ3n) is 4.93. The van der Waals surface area contributed by atoms with Crippen LogP contribution in [0.25, 0.3) is 0 Å². The number of sulfone groups is 1. The van der Waals surface area contributed by atoms with E-state index in [-0.39, 0.29) is 17.1 Å². The summed E-state index contributed by atoms with van der Waals surface area (Å²) in [5.74, 6) is -0.152. The standard InChI is InChI=1S/C21H25N3O6S/c1-3-29-17-8-6-15(7-9-17)23-20-18(5-4-11-22-20)21(26)30-13-19(25)24(2)16-10-12-31(27,28)14-16/h4-9,11,16H,3,10,12-14H2,1-2H3,(H,22,23). The summed E-state index contributed by atoms with van der Waals surface area (Å²) in [4.78, 5) is 30.4. The number of rotatable bonds is 8. The first-order valence-electron chi connectivity index (χ1n) is 9.87. The van der Waals surface area contributed by atoms with Gasteiger partial charge in [0.05, 0.1) is 18.1 Å². The molecule has 1 N–H and O–H groups in total. The highest BCUT2D eigenvalue weighted by molar-refractivity contribution is 7.91. The maximum atomic E-state index is 12.6. The number of hydrogen-bond donors (Lipinski definition) is 1. The molecule has 1 aromatic heterocycles. The molecule has 2 aromatic rings. The Morgan fingerprint density at radius 2 is 1.97 bits per heavy atom. The number of aromatic nitrogens is 1. The summed E-state index contributed by atoms with van der Waals surface area (Å²) in [6.07, 6.45) is 1.92. The van der Waals surface area contributed by atoms with E-state index in [1.165, 1.54) is 18.1 Å². The Labute approximate surface area is 181 Å².